The van der Waals surface area contributed by atoms with Crippen molar-refractivity contribution in [1.82, 2.24) is 5.32 Å². The summed E-state index contributed by atoms with van der Waals surface area (Å²) in [4.78, 5) is 11.8. The van der Waals surface area contributed by atoms with E-state index in [1.807, 2.05) is 19.1 Å². The Hall–Kier alpha value is -2.07. The Labute approximate surface area is 127 Å². The van der Waals surface area contributed by atoms with E-state index in [0.717, 1.165) is 5.56 Å². The molecule has 0 aliphatic heterocycles. The topological polar surface area (TPSA) is 38.3 Å². The first-order valence-electron chi connectivity index (χ1n) is 6.48. The van der Waals surface area contributed by atoms with Crippen molar-refractivity contribution in [3.63, 3.8) is 0 Å². The summed E-state index contributed by atoms with van der Waals surface area (Å²) >= 11 is 5.82. The molecule has 0 bridgehead atoms. The highest BCUT2D eigenvalue weighted by atomic mass is 35.5. The summed E-state index contributed by atoms with van der Waals surface area (Å²) in [7, 11) is 0. The van der Waals surface area contributed by atoms with Gasteiger partial charge in [0, 0.05) is 5.02 Å². The molecule has 21 heavy (non-hydrogen) atoms. The molecule has 1 N–H and O–H groups in total. The minimum absolute atomic E-state index is 0.121. The van der Waals surface area contributed by atoms with Crippen LogP contribution in [-0.2, 0) is 4.79 Å². The lowest BCUT2D eigenvalue weighted by atomic mass is 10.1. The summed E-state index contributed by atoms with van der Waals surface area (Å²) < 4.78 is 18.0. The van der Waals surface area contributed by atoms with Crippen LogP contribution >= 0.6 is 11.6 Å². The molecule has 2 aromatic carbocycles. The zero-order valence-corrected chi connectivity index (χ0v) is 12.2. The van der Waals surface area contributed by atoms with Crippen molar-refractivity contribution in [3.05, 3.63) is 64.9 Å². The fourth-order valence-corrected chi connectivity index (χ4v) is 1.92. The molecule has 0 aliphatic carbocycles. The molecule has 0 saturated heterocycles. The van der Waals surface area contributed by atoms with Crippen molar-refractivity contribution in [2.75, 3.05) is 6.61 Å². The SMILES string of the molecule is C[C@@H](NC(=O)COc1ccc(F)cc1)c1ccc(Cl)cc1. The normalized spacial score (nSPS) is 11.8. The molecule has 3 nitrogen and oxygen atoms in total. The van der Waals surface area contributed by atoms with Crippen LogP contribution in [0.15, 0.2) is 48.5 Å². The highest BCUT2D eigenvalue weighted by molar-refractivity contribution is 6.30. The number of carbonyl (C=O) groups is 1. The second-order valence-corrected chi connectivity index (χ2v) is 5.02. The third kappa shape index (κ3) is 4.76. The van der Waals surface area contributed by atoms with Gasteiger partial charge in [-0.2, -0.15) is 0 Å². The van der Waals surface area contributed by atoms with Crippen LogP contribution in [0.4, 0.5) is 4.39 Å². The molecule has 0 aromatic heterocycles. The van der Waals surface area contributed by atoms with Crippen molar-refractivity contribution < 1.29 is 13.9 Å². The van der Waals surface area contributed by atoms with Gasteiger partial charge in [-0.15, -0.1) is 0 Å². The summed E-state index contributed by atoms with van der Waals surface area (Å²) in [6.07, 6.45) is 0. The van der Waals surface area contributed by atoms with Gasteiger partial charge in [0.15, 0.2) is 6.61 Å². The van der Waals surface area contributed by atoms with Gasteiger partial charge in [-0.25, -0.2) is 4.39 Å². The van der Waals surface area contributed by atoms with E-state index in [1.54, 1.807) is 12.1 Å². The van der Waals surface area contributed by atoms with E-state index in [9.17, 15) is 9.18 Å². The van der Waals surface area contributed by atoms with E-state index in [0.29, 0.717) is 10.8 Å². The smallest absolute Gasteiger partial charge is 0.258 e. The quantitative estimate of drug-likeness (QED) is 0.914. The van der Waals surface area contributed by atoms with Crippen LogP contribution in [-0.4, -0.2) is 12.5 Å². The van der Waals surface area contributed by atoms with E-state index in [2.05, 4.69) is 5.32 Å². The fourth-order valence-electron chi connectivity index (χ4n) is 1.80. The Morgan fingerprint density at radius 3 is 2.43 bits per heavy atom. The summed E-state index contributed by atoms with van der Waals surface area (Å²) in [6.45, 7) is 1.75. The van der Waals surface area contributed by atoms with Crippen LogP contribution in [0.25, 0.3) is 0 Å². The highest BCUT2D eigenvalue weighted by Gasteiger charge is 2.10. The van der Waals surface area contributed by atoms with Gasteiger partial charge in [0.1, 0.15) is 11.6 Å². The molecule has 0 unspecified atom stereocenters. The molecule has 1 amide bonds. The number of amides is 1. The third-order valence-electron chi connectivity index (χ3n) is 2.93. The number of halogens is 2. The van der Waals surface area contributed by atoms with Crippen molar-refractivity contribution in [2.45, 2.75) is 13.0 Å². The monoisotopic (exact) mass is 307 g/mol. The van der Waals surface area contributed by atoms with E-state index >= 15 is 0 Å². The number of carbonyl (C=O) groups excluding carboxylic acids is 1. The number of ether oxygens (including phenoxy) is 1. The van der Waals surface area contributed by atoms with Gasteiger partial charge in [0.2, 0.25) is 0 Å². The predicted octanol–water partition coefficient (Wildman–Crippen LogP) is 3.74. The number of hydrogen-bond donors (Lipinski definition) is 1. The first kappa shape index (κ1) is 15.3. The number of rotatable bonds is 5. The highest BCUT2D eigenvalue weighted by Crippen LogP contribution is 2.16. The maximum absolute atomic E-state index is 12.7. The summed E-state index contributed by atoms with van der Waals surface area (Å²) in [5.74, 6) is -0.143. The Bertz CT molecular complexity index is 599. The van der Waals surface area contributed by atoms with Crippen molar-refractivity contribution in [2.24, 2.45) is 0 Å². The zero-order chi connectivity index (χ0) is 15.2. The molecule has 110 valence electrons. The summed E-state index contributed by atoms with van der Waals surface area (Å²) in [5, 5.41) is 3.47. The van der Waals surface area contributed by atoms with E-state index < -0.39 is 0 Å². The molecule has 1 atom stereocenters. The van der Waals surface area contributed by atoms with Crippen molar-refractivity contribution >= 4 is 17.5 Å². The lowest BCUT2D eigenvalue weighted by molar-refractivity contribution is -0.123. The van der Waals surface area contributed by atoms with Gasteiger partial charge in [-0.05, 0) is 48.9 Å². The minimum atomic E-state index is -0.344. The molecule has 2 rings (SSSR count). The molecule has 0 aliphatic rings. The summed E-state index contributed by atoms with van der Waals surface area (Å²) in [5.41, 5.74) is 0.953. The maximum atomic E-state index is 12.7. The van der Waals surface area contributed by atoms with Crippen LogP contribution < -0.4 is 10.1 Å². The Morgan fingerprint density at radius 1 is 1.19 bits per heavy atom. The van der Waals surface area contributed by atoms with Crippen LogP contribution in [0.3, 0.4) is 0 Å². The molecule has 5 heteroatoms. The molecular weight excluding hydrogens is 293 g/mol. The standard InChI is InChI=1S/C16H15ClFNO2/c1-11(12-2-4-13(17)5-3-12)19-16(20)10-21-15-8-6-14(18)7-9-15/h2-9,11H,10H2,1H3,(H,19,20)/t11-/m1/s1. The second-order valence-electron chi connectivity index (χ2n) is 4.58. The average Bonchev–Trinajstić information content (AvgIpc) is 2.47. The molecular formula is C16H15ClFNO2. The van der Waals surface area contributed by atoms with Gasteiger partial charge < -0.3 is 10.1 Å². The molecule has 0 spiro atoms. The molecule has 0 radical (unpaired) electrons. The van der Waals surface area contributed by atoms with Crippen molar-refractivity contribution in [3.8, 4) is 5.75 Å². The lowest BCUT2D eigenvalue weighted by Gasteiger charge is -2.14. The lowest BCUT2D eigenvalue weighted by Crippen LogP contribution is -2.31. The van der Waals surface area contributed by atoms with Crippen molar-refractivity contribution in [1.29, 1.82) is 0 Å². The van der Waals surface area contributed by atoms with Crippen LogP contribution in [0, 0.1) is 5.82 Å². The summed E-state index contributed by atoms with van der Waals surface area (Å²) in [6, 6.07) is 12.6. The number of benzene rings is 2. The van der Waals surface area contributed by atoms with Crippen LogP contribution in [0.2, 0.25) is 5.02 Å². The third-order valence-corrected chi connectivity index (χ3v) is 3.18. The zero-order valence-electron chi connectivity index (χ0n) is 11.5. The maximum Gasteiger partial charge on any atom is 0.258 e. The Balaban J connectivity index is 1.83. The van der Waals surface area contributed by atoms with Gasteiger partial charge >= 0.3 is 0 Å². The van der Waals surface area contributed by atoms with E-state index in [1.165, 1.54) is 24.3 Å². The number of nitrogens with one attached hydrogen (secondary N) is 1. The first-order valence-corrected chi connectivity index (χ1v) is 6.85. The average molecular weight is 308 g/mol. The van der Waals surface area contributed by atoms with E-state index in [4.69, 9.17) is 16.3 Å². The van der Waals surface area contributed by atoms with Crippen LogP contribution in [0.1, 0.15) is 18.5 Å². The molecule has 2 aromatic rings. The van der Waals surface area contributed by atoms with Crippen LogP contribution in [0.5, 0.6) is 5.75 Å². The van der Waals surface area contributed by atoms with Gasteiger partial charge in [0.05, 0.1) is 6.04 Å². The van der Waals surface area contributed by atoms with E-state index in [-0.39, 0.29) is 24.4 Å². The Morgan fingerprint density at radius 2 is 1.81 bits per heavy atom. The fraction of sp³-hybridized carbons (Fsp3) is 0.188. The largest absolute Gasteiger partial charge is 0.484 e. The number of hydrogen-bond acceptors (Lipinski definition) is 2. The molecule has 0 heterocycles. The Kier molecular flexibility index (Phi) is 5.17. The molecule has 0 fully saturated rings. The second kappa shape index (κ2) is 7.09. The first-order chi connectivity index (χ1) is 10.0. The molecule has 0 saturated carbocycles. The van der Waals surface area contributed by atoms with Gasteiger partial charge in [0.25, 0.3) is 5.91 Å². The predicted molar refractivity (Wildman–Crippen MR) is 79.9 cm³/mol. The van der Waals surface area contributed by atoms with Gasteiger partial charge in [-0.1, -0.05) is 23.7 Å². The van der Waals surface area contributed by atoms with Gasteiger partial charge in [-0.3, -0.25) is 4.79 Å². The minimum Gasteiger partial charge on any atom is -0.484 e.